The first-order chi connectivity index (χ1) is 14.5. The molecule has 0 unspecified atom stereocenters. The molecule has 1 aromatic heterocycles. The average Bonchev–Trinajstić information content (AvgIpc) is 3.12. The molecular weight excluding hydrogens is 424 g/mol. The molecule has 158 valence electrons. The summed E-state index contributed by atoms with van der Waals surface area (Å²) >= 11 is 3.07. The molecule has 3 aromatic rings. The van der Waals surface area contributed by atoms with E-state index in [-0.39, 0.29) is 5.91 Å². The van der Waals surface area contributed by atoms with Gasteiger partial charge in [-0.1, -0.05) is 11.3 Å². The first kappa shape index (κ1) is 21.9. The van der Waals surface area contributed by atoms with Crippen LogP contribution in [0.4, 0.5) is 0 Å². The van der Waals surface area contributed by atoms with Crippen molar-refractivity contribution in [3.8, 4) is 11.5 Å². The first-order valence-corrected chi connectivity index (χ1v) is 11.2. The van der Waals surface area contributed by atoms with Crippen molar-refractivity contribution in [2.75, 3.05) is 33.3 Å². The van der Waals surface area contributed by atoms with Gasteiger partial charge in [-0.3, -0.25) is 4.79 Å². The minimum atomic E-state index is -0.402. The van der Waals surface area contributed by atoms with Crippen molar-refractivity contribution in [3.63, 3.8) is 0 Å². The minimum absolute atomic E-state index is 0.381. The molecule has 30 heavy (non-hydrogen) atoms. The lowest BCUT2D eigenvalue weighted by atomic mass is 10.2. The Labute approximate surface area is 182 Å². The number of benzene rings is 2. The number of rotatable bonds is 7. The average molecular weight is 447 g/mol. The van der Waals surface area contributed by atoms with Gasteiger partial charge in [-0.2, -0.15) is 16.8 Å². The van der Waals surface area contributed by atoms with Gasteiger partial charge in [-0.15, -0.1) is 0 Å². The van der Waals surface area contributed by atoms with Gasteiger partial charge in [0.25, 0.3) is 5.91 Å². The summed E-state index contributed by atoms with van der Waals surface area (Å²) in [6.45, 7) is 0.691. The minimum Gasteiger partial charge on any atom is -0.493 e. The number of carbonyl (C=O) groups excluding carboxylic acids is 2. The van der Waals surface area contributed by atoms with Crippen LogP contribution in [0.2, 0.25) is 0 Å². The molecule has 0 atom stereocenters. The monoisotopic (exact) mass is 446 g/mol. The van der Waals surface area contributed by atoms with Gasteiger partial charge in [-0.25, -0.2) is 4.79 Å². The first-order valence-electron chi connectivity index (χ1n) is 9.04. The quantitative estimate of drug-likeness (QED) is 0.516. The molecule has 0 bridgehead atoms. The number of methoxy groups -OCH3 is 3. The Morgan fingerprint density at radius 1 is 1.03 bits per heavy atom. The Bertz CT molecular complexity index is 1150. The maximum absolute atomic E-state index is 12.9. The maximum Gasteiger partial charge on any atom is 0.337 e. The highest BCUT2D eigenvalue weighted by Crippen LogP contribution is 2.28. The standard InChI is InChI=1S/C21H22N2O5S2/c1-26-16-8-6-13(11-17(16)27-2)19(24)22-21-23(9-10-29-4)15-7-5-14(20(25)28-3)12-18(15)30-21/h5-8,11-12H,9-10H2,1-4H3. The number of thiazole rings is 1. The molecule has 0 spiro atoms. The lowest BCUT2D eigenvalue weighted by molar-refractivity contribution is 0.0601. The van der Waals surface area contributed by atoms with Gasteiger partial charge in [0.2, 0.25) is 0 Å². The molecule has 3 rings (SSSR count). The molecule has 1 amide bonds. The Morgan fingerprint density at radius 2 is 1.77 bits per heavy atom. The van der Waals surface area contributed by atoms with Crippen molar-refractivity contribution < 1.29 is 23.8 Å². The van der Waals surface area contributed by atoms with Gasteiger partial charge < -0.3 is 18.8 Å². The van der Waals surface area contributed by atoms with Crippen LogP contribution in [-0.2, 0) is 11.3 Å². The summed E-state index contributed by atoms with van der Waals surface area (Å²) < 4.78 is 18.2. The van der Waals surface area contributed by atoms with E-state index in [0.29, 0.717) is 34.0 Å². The second-order valence-corrected chi connectivity index (χ2v) is 8.18. The molecule has 0 fully saturated rings. The van der Waals surface area contributed by atoms with Crippen molar-refractivity contribution in [1.29, 1.82) is 0 Å². The predicted octanol–water partition coefficient (Wildman–Crippen LogP) is 3.61. The lowest BCUT2D eigenvalue weighted by Gasteiger charge is -2.08. The highest BCUT2D eigenvalue weighted by Gasteiger charge is 2.14. The summed E-state index contributed by atoms with van der Waals surface area (Å²) in [5.74, 6) is 1.09. The number of thioether (sulfide) groups is 1. The third kappa shape index (κ3) is 4.52. The molecule has 0 aliphatic heterocycles. The van der Waals surface area contributed by atoms with Gasteiger partial charge in [0.05, 0.1) is 37.1 Å². The number of aromatic nitrogens is 1. The lowest BCUT2D eigenvalue weighted by Crippen LogP contribution is -2.18. The van der Waals surface area contributed by atoms with Crippen LogP contribution in [0.1, 0.15) is 20.7 Å². The van der Waals surface area contributed by atoms with Crippen LogP contribution in [-0.4, -0.2) is 49.8 Å². The van der Waals surface area contributed by atoms with Crippen LogP contribution in [0, 0.1) is 0 Å². The van der Waals surface area contributed by atoms with Gasteiger partial charge >= 0.3 is 5.97 Å². The number of carbonyl (C=O) groups is 2. The van der Waals surface area contributed by atoms with Crippen LogP contribution in [0.3, 0.4) is 0 Å². The van der Waals surface area contributed by atoms with E-state index in [9.17, 15) is 9.59 Å². The zero-order chi connectivity index (χ0) is 21.7. The van der Waals surface area contributed by atoms with Crippen molar-refractivity contribution in [1.82, 2.24) is 4.57 Å². The number of hydrogen-bond acceptors (Lipinski definition) is 7. The summed E-state index contributed by atoms with van der Waals surface area (Å²) in [6, 6.07) is 10.3. The van der Waals surface area contributed by atoms with Crippen LogP contribution in [0.5, 0.6) is 11.5 Å². The normalized spacial score (nSPS) is 11.5. The Morgan fingerprint density at radius 3 is 2.43 bits per heavy atom. The number of fused-ring (bicyclic) bond motifs is 1. The van der Waals surface area contributed by atoms with Crippen molar-refractivity contribution >= 4 is 45.2 Å². The van der Waals surface area contributed by atoms with E-state index in [2.05, 4.69) is 4.99 Å². The molecule has 0 saturated heterocycles. The molecule has 0 aliphatic carbocycles. The fourth-order valence-electron chi connectivity index (χ4n) is 2.92. The third-order valence-electron chi connectivity index (χ3n) is 4.45. The SMILES string of the molecule is COC(=O)c1ccc2c(c1)sc(=NC(=O)c1ccc(OC)c(OC)c1)n2CCSC. The number of nitrogens with zero attached hydrogens (tertiary/aromatic N) is 2. The van der Waals surface area contributed by atoms with E-state index in [1.165, 1.54) is 32.7 Å². The second-order valence-electron chi connectivity index (χ2n) is 6.19. The summed E-state index contributed by atoms with van der Waals surface area (Å²) in [5, 5.41) is 0. The largest absolute Gasteiger partial charge is 0.493 e. The Hall–Kier alpha value is -2.78. The third-order valence-corrected chi connectivity index (χ3v) is 6.08. The maximum atomic E-state index is 12.9. The molecule has 2 aromatic carbocycles. The zero-order valence-electron chi connectivity index (χ0n) is 17.1. The molecule has 0 radical (unpaired) electrons. The highest BCUT2D eigenvalue weighted by molar-refractivity contribution is 7.98. The van der Waals surface area contributed by atoms with Crippen LogP contribution >= 0.6 is 23.1 Å². The number of amides is 1. The predicted molar refractivity (Wildman–Crippen MR) is 119 cm³/mol. The van der Waals surface area contributed by atoms with Gasteiger partial charge in [0.15, 0.2) is 16.3 Å². The van der Waals surface area contributed by atoms with Crippen LogP contribution in [0.15, 0.2) is 41.4 Å². The number of aryl methyl sites for hydroxylation is 1. The number of esters is 1. The fourth-order valence-corrected chi connectivity index (χ4v) is 4.38. The van der Waals surface area contributed by atoms with Crippen molar-refractivity contribution in [2.24, 2.45) is 4.99 Å². The van der Waals surface area contributed by atoms with E-state index >= 15 is 0 Å². The Balaban J connectivity index is 2.09. The van der Waals surface area contributed by atoms with Gasteiger partial charge in [-0.05, 0) is 42.7 Å². The van der Waals surface area contributed by atoms with E-state index in [0.717, 1.165) is 16.0 Å². The smallest absolute Gasteiger partial charge is 0.337 e. The summed E-state index contributed by atoms with van der Waals surface area (Å²) in [4.78, 5) is 29.7. The van der Waals surface area contributed by atoms with Crippen molar-refractivity contribution in [3.05, 3.63) is 52.3 Å². The van der Waals surface area contributed by atoms with Crippen LogP contribution in [0.25, 0.3) is 10.2 Å². The molecule has 0 saturated carbocycles. The zero-order valence-corrected chi connectivity index (χ0v) is 18.8. The molecule has 7 nitrogen and oxygen atoms in total. The molecule has 9 heteroatoms. The second kappa shape index (κ2) is 9.82. The van der Waals surface area contributed by atoms with Crippen LogP contribution < -0.4 is 14.3 Å². The Kier molecular flexibility index (Phi) is 7.17. The fraction of sp³-hybridized carbons (Fsp3) is 0.286. The number of hydrogen-bond donors (Lipinski definition) is 0. The summed E-state index contributed by atoms with van der Waals surface area (Å²) in [6.07, 6.45) is 2.02. The van der Waals surface area contributed by atoms with Gasteiger partial charge in [0, 0.05) is 17.9 Å². The van der Waals surface area contributed by atoms with E-state index in [4.69, 9.17) is 14.2 Å². The van der Waals surface area contributed by atoms with E-state index < -0.39 is 5.97 Å². The van der Waals surface area contributed by atoms with Gasteiger partial charge in [0.1, 0.15) is 0 Å². The highest BCUT2D eigenvalue weighted by atomic mass is 32.2. The molecule has 0 aliphatic rings. The molecular formula is C21H22N2O5S2. The van der Waals surface area contributed by atoms with E-state index in [1.54, 1.807) is 42.1 Å². The number of ether oxygens (including phenoxy) is 3. The topological polar surface area (TPSA) is 79.1 Å². The summed E-state index contributed by atoms with van der Waals surface area (Å²) in [5.41, 5.74) is 1.78. The molecule has 1 heterocycles. The summed E-state index contributed by atoms with van der Waals surface area (Å²) in [7, 11) is 4.41. The van der Waals surface area contributed by atoms with Crippen molar-refractivity contribution in [2.45, 2.75) is 6.54 Å². The van der Waals surface area contributed by atoms with E-state index in [1.807, 2.05) is 16.9 Å². The molecule has 0 N–H and O–H groups in total.